The summed E-state index contributed by atoms with van der Waals surface area (Å²) in [7, 11) is 3.10. The van der Waals surface area contributed by atoms with Crippen LogP contribution in [0.2, 0.25) is 0 Å². The van der Waals surface area contributed by atoms with Crippen LogP contribution in [0, 0.1) is 11.8 Å². The molecule has 12 heteroatoms. The summed E-state index contributed by atoms with van der Waals surface area (Å²) in [5.74, 6) is -1.19. The smallest absolute Gasteiger partial charge is 0.397 e. The Kier molecular flexibility index (Phi) is 11.6. The monoisotopic (exact) mass is 583 g/mol. The van der Waals surface area contributed by atoms with E-state index in [1.54, 1.807) is 49.4 Å². The molecule has 4 atom stereocenters. The molecule has 3 amide bonds. The van der Waals surface area contributed by atoms with Crippen molar-refractivity contribution < 1.29 is 33.4 Å². The third-order valence-electron chi connectivity index (χ3n) is 7.52. The Morgan fingerprint density at radius 1 is 0.810 bits per heavy atom. The van der Waals surface area contributed by atoms with Crippen LogP contribution in [0.1, 0.15) is 69.7 Å². The van der Waals surface area contributed by atoms with Crippen molar-refractivity contribution >= 4 is 23.7 Å². The second-order valence-electron chi connectivity index (χ2n) is 10.7. The van der Waals surface area contributed by atoms with Gasteiger partial charge in [-0.15, -0.1) is 0 Å². The fourth-order valence-corrected chi connectivity index (χ4v) is 5.39. The second-order valence-corrected chi connectivity index (χ2v) is 10.7. The van der Waals surface area contributed by atoms with Gasteiger partial charge in [0.05, 0.1) is 32.9 Å². The molecule has 0 radical (unpaired) electrons. The molecule has 0 saturated carbocycles. The van der Waals surface area contributed by atoms with Gasteiger partial charge in [0, 0.05) is 37.6 Å². The molecule has 0 aliphatic carbocycles. The van der Waals surface area contributed by atoms with Gasteiger partial charge in [0.25, 0.3) is 0 Å². The molecule has 2 aromatic rings. The number of primary amides is 1. The molecule has 2 N–H and O–H groups in total. The van der Waals surface area contributed by atoms with E-state index in [1.807, 2.05) is 18.2 Å². The first-order valence-electron chi connectivity index (χ1n) is 14.2. The lowest BCUT2D eigenvalue weighted by Gasteiger charge is -2.38. The predicted octanol–water partition coefficient (Wildman–Crippen LogP) is 2.83. The Morgan fingerprint density at radius 3 is 1.67 bits per heavy atom. The molecule has 2 fully saturated rings. The lowest BCUT2D eigenvalue weighted by molar-refractivity contribution is -0.162. The van der Waals surface area contributed by atoms with Crippen LogP contribution in [0.3, 0.4) is 0 Å². The van der Waals surface area contributed by atoms with Crippen molar-refractivity contribution in [1.82, 2.24) is 19.8 Å². The van der Waals surface area contributed by atoms with E-state index < -0.39 is 23.7 Å². The Hall–Kier alpha value is -4.22. The summed E-state index contributed by atoms with van der Waals surface area (Å²) in [5, 5.41) is 0. The highest BCUT2D eigenvalue weighted by Gasteiger charge is 2.35. The largest absolute Gasteiger partial charge is 0.481 e. The number of nitrogens with zero attached hydrogens (tertiary/aromatic N) is 4. The maximum Gasteiger partial charge on any atom is 0.397 e. The summed E-state index contributed by atoms with van der Waals surface area (Å²) >= 11 is 0. The Labute approximate surface area is 246 Å². The maximum atomic E-state index is 12.4. The number of amides is 3. The number of esters is 1. The van der Waals surface area contributed by atoms with Crippen molar-refractivity contribution in [3.05, 3.63) is 47.8 Å². The van der Waals surface area contributed by atoms with Crippen molar-refractivity contribution in [3.63, 3.8) is 0 Å². The van der Waals surface area contributed by atoms with Gasteiger partial charge >= 0.3 is 23.7 Å². The average molecular weight is 584 g/mol. The van der Waals surface area contributed by atoms with Crippen LogP contribution < -0.4 is 15.2 Å². The molecular formula is C30H41N5O7. The van der Waals surface area contributed by atoms with E-state index in [2.05, 4.69) is 23.8 Å². The zero-order valence-electron chi connectivity index (χ0n) is 24.9. The fraction of sp³-hybridized carbons (Fsp3) is 0.533. The van der Waals surface area contributed by atoms with Crippen LogP contribution in [-0.4, -0.2) is 77.4 Å². The van der Waals surface area contributed by atoms with Crippen molar-refractivity contribution in [2.75, 3.05) is 33.9 Å². The molecule has 12 nitrogen and oxygen atoms in total. The van der Waals surface area contributed by atoms with Crippen molar-refractivity contribution in [2.45, 2.75) is 58.5 Å². The lowest BCUT2D eigenvalue weighted by Crippen LogP contribution is -2.46. The van der Waals surface area contributed by atoms with E-state index in [0.29, 0.717) is 36.7 Å². The van der Waals surface area contributed by atoms with Gasteiger partial charge < -0.3 is 29.7 Å². The fourth-order valence-electron chi connectivity index (χ4n) is 5.39. The molecule has 4 heterocycles. The standard InChI is InChI=1S/C16H22N2O4.C14H19N3O3/c1-4-22-16(20)15(19)18-10-11(2)5-6-13(18)12-7-8-17-14(9-12)21-3;1-9-3-4-11(17(8-9)14(19)13(15)18)10-5-6-16-12(7-10)20-2/h7-9,11,13H,4-6,10H2,1-3H3;5-7,9,11H,3-4,8H2,1-2H3,(H2,15,18)/t11-,13+;9-,11+/m00/s1. The molecule has 0 aromatic carbocycles. The quantitative estimate of drug-likeness (QED) is 0.413. The van der Waals surface area contributed by atoms with Crippen LogP contribution in [0.15, 0.2) is 36.7 Å². The topological polar surface area (TPSA) is 154 Å². The molecule has 2 aliphatic rings. The second kappa shape index (κ2) is 15.1. The summed E-state index contributed by atoms with van der Waals surface area (Å²) in [6, 6.07) is 7.00. The minimum Gasteiger partial charge on any atom is -0.481 e. The van der Waals surface area contributed by atoms with E-state index in [4.69, 9.17) is 19.9 Å². The summed E-state index contributed by atoms with van der Waals surface area (Å²) in [4.78, 5) is 58.7. The molecule has 2 aliphatic heterocycles. The molecule has 2 saturated heterocycles. The van der Waals surface area contributed by atoms with E-state index in [9.17, 15) is 19.2 Å². The van der Waals surface area contributed by atoms with E-state index in [1.165, 1.54) is 0 Å². The maximum absolute atomic E-state index is 12.4. The molecule has 0 spiro atoms. The van der Waals surface area contributed by atoms with Gasteiger partial charge in [-0.3, -0.25) is 14.4 Å². The number of carbonyl (C=O) groups is 4. The number of nitrogens with two attached hydrogens (primary N) is 1. The average Bonchev–Trinajstić information content (AvgIpc) is 3.00. The highest BCUT2D eigenvalue weighted by Crippen LogP contribution is 2.35. The summed E-state index contributed by atoms with van der Waals surface area (Å²) < 4.78 is 15.1. The predicted molar refractivity (Wildman–Crippen MR) is 153 cm³/mol. The van der Waals surface area contributed by atoms with Crippen molar-refractivity contribution in [3.8, 4) is 11.8 Å². The number of pyridine rings is 2. The Balaban J connectivity index is 0.000000231. The van der Waals surface area contributed by atoms with E-state index in [0.717, 1.165) is 36.8 Å². The van der Waals surface area contributed by atoms with Gasteiger partial charge in [0.2, 0.25) is 11.8 Å². The minimum absolute atomic E-state index is 0.148. The SMILES string of the molecule is CCOC(=O)C(=O)N1C[C@@H](C)CC[C@@H]1c1ccnc(OC)c1.COc1cc([C@H]2CC[C@H](C)CN2C(=O)C(N)=O)ccn1. The minimum atomic E-state index is -0.912. The number of likely N-dealkylation sites (tertiary alicyclic amines) is 2. The first-order valence-corrected chi connectivity index (χ1v) is 14.2. The zero-order chi connectivity index (χ0) is 30.8. The molecule has 42 heavy (non-hydrogen) atoms. The number of piperidine rings is 2. The van der Waals surface area contributed by atoms with E-state index >= 15 is 0 Å². The van der Waals surface area contributed by atoms with Gasteiger partial charge in [-0.25, -0.2) is 14.8 Å². The lowest BCUT2D eigenvalue weighted by atomic mass is 9.90. The van der Waals surface area contributed by atoms with E-state index in [-0.39, 0.29) is 18.7 Å². The Morgan fingerprint density at radius 2 is 1.26 bits per heavy atom. The van der Waals surface area contributed by atoms with Crippen LogP contribution in [0.5, 0.6) is 11.8 Å². The zero-order valence-corrected chi connectivity index (χ0v) is 24.9. The van der Waals surface area contributed by atoms with Gasteiger partial charge in [0.15, 0.2) is 0 Å². The highest BCUT2D eigenvalue weighted by molar-refractivity contribution is 6.34. The van der Waals surface area contributed by atoms with Crippen LogP contribution >= 0.6 is 0 Å². The number of carbonyl (C=O) groups excluding carboxylic acids is 4. The van der Waals surface area contributed by atoms with Gasteiger partial charge in [0.1, 0.15) is 0 Å². The highest BCUT2D eigenvalue weighted by atomic mass is 16.5. The third-order valence-corrected chi connectivity index (χ3v) is 7.52. The molecule has 0 bridgehead atoms. The molecule has 2 aromatic heterocycles. The number of hydrogen-bond donors (Lipinski definition) is 1. The van der Waals surface area contributed by atoms with Crippen molar-refractivity contribution in [2.24, 2.45) is 17.6 Å². The van der Waals surface area contributed by atoms with Crippen LogP contribution in [0.4, 0.5) is 0 Å². The first kappa shape index (κ1) is 32.3. The Bertz CT molecular complexity index is 1260. The molecule has 0 unspecified atom stereocenters. The summed E-state index contributed by atoms with van der Waals surface area (Å²) in [5.41, 5.74) is 6.98. The first-order chi connectivity index (χ1) is 20.1. The van der Waals surface area contributed by atoms with Crippen LogP contribution in [-0.2, 0) is 23.9 Å². The number of methoxy groups -OCH3 is 2. The molecule has 228 valence electrons. The third kappa shape index (κ3) is 8.17. The number of aromatic nitrogens is 2. The summed E-state index contributed by atoms with van der Waals surface area (Å²) in [6.45, 7) is 7.11. The van der Waals surface area contributed by atoms with Crippen molar-refractivity contribution in [1.29, 1.82) is 0 Å². The van der Waals surface area contributed by atoms with Crippen LogP contribution in [0.25, 0.3) is 0 Å². The summed E-state index contributed by atoms with van der Waals surface area (Å²) in [6.07, 6.45) is 6.89. The van der Waals surface area contributed by atoms with Gasteiger partial charge in [-0.1, -0.05) is 13.8 Å². The van der Waals surface area contributed by atoms with Gasteiger partial charge in [-0.2, -0.15) is 0 Å². The number of ether oxygens (including phenoxy) is 3. The number of rotatable bonds is 5. The normalized spacial score (nSPS) is 21.8. The molecular weight excluding hydrogens is 542 g/mol. The number of hydrogen-bond acceptors (Lipinski definition) is 9. The molecule has 4 rings (SSSR count). The van der Waals surface area contributed by atoms with Gasteiger partial charge in [-0.05, 0) is 67.7 Å².